The highest BCUT2D eigenvalue weighted by atomic mass is 19.4. The predicted octanol–water partition coefficient (Wildman–Crippen LogP) is 3.01. The highest BCUT2D eigenvalue weighted by molar-refractivity contribution is 5.99. The zero-order valence-corrected chi connectivity index (χ0v) is 12.0. The lowest BCUT2D eigenvalue weighted by molar-refractivity contribution is -0.141. The minimum atomic E-state index is -4.50. The molecule has 0 radical (unpaired) electrons. The Balaban J connectivity index is 2.51. The van der Waals surface area contributed by atoms with Crippen LogP contribution in [0.25, 0.3) is 0 Å². The predicted molar refractivity (Wildman–Crippen MR) is 75.5 cm³/mol. The van der Waals surface area contributed by atoms with Crippen LogP contribution in [0.1, 0.15) is 37.9 Å². The van der Waals surface area contributed by atoms with Crippen LogP contribution in [0.15, 0.2) is 12.1 Å². The van der Waals surface area contributed by atoms with Crippen molar-refractivity contribution >= 4 is 11.7 Å². The molecule has 1 unspecified atom stereocenters. The molecule has 2 rings (SSSR count). The van der Waals surface area contributed by atoms with Crippen molar-refractivity contribution in [2.24, 2.45) is 11.7 Å². The largest absolute Gasteiger partial charge is 0.433 e. The molecule has 1 aromatic rings. The van der Waals surface area contributed by atoms with Crippen LogP contribution in [0, 0.1) is 11.3 Å². The molecule has 1 aliphatic rings. The smallest absolute Gasteiger partial charge is 0.384 e. The molecule has 21 heavy (non-hydrogen) atoms. The second kappa shape index (κ2) is 5.54. The molecule has 1 aromatic heterocycles. The molecule has 2 heterocycles. The topological polar surface area (TPSA) is 66.0 Å². The van der Waals surface area contributed by atoms with Crippen molar-refractivity contribution in [1.82, 2.24) is 4.98 Å². The van der Waals surface area contributed by atoms with Crippen molar-refractivity contribution in [2.45, 2.75) is 38.9 Å². The van der Waals surface area contributed by atoms with Gasteiger partial charge in [-0.2, -0.15) is 13.2 Å². The van der Waals surface area contributed by atoms with E-state index < -0.39 is 11.9 Å². The summed E-state index contributed by atoms with van der Waals surface area (Å²) in [5.74, 6) is 0.206. The first-order chi connectivity index (χ1) is 9.71. The number of alkyl halides is 3. The number of aromatic nitrogens is 1. The summed E-state index contributed by atoms with van der Waals surface area (Å²) in [4.78, 5) is 5.62. The normalized spacial score (nSPS) is 19.3. The second-order valence-electron chi connectivity index (χ2n) is 5.63. The van der Waals surface area contributed by atoms with Crippen molar-refractivity contribution < 1.29 is 13.2 Å². The first-order valence-electron chi connectivity index (χ1n) is 6.91. The van der Waals surface area contributed by atoms with Crippen LogP contribution in [0.5, 0.6) is 0 Å². The maximum Gasteiger partial charge on any atom is 0.433 e. The van der Waals surface area contributed by atoms with Crippen molar-refractivity contribution in [1.29, 1.82) is 5.41 Å². The molecule has 3 N–H and O–H groups in total. The first-order valence-corrected chi connectivity index (χ1v) is 6.91. The molecular formula is C14H19F3N4. The van der Waals surface area contributed by atoms with Crippen LogP contribution < -0.4 is 10.6 Å². The van der Waals surface area contributed by atoms with Gasteiger partial charge in [-0.25, -0.2) is 4.98 Å². The van der Waals surface area contributed by atoms with Crippen LogP contribution in [0.3, 0.4) is 0 Å². The molecule has 1 saturated heterocycles. The molecule has 0 bridgehead atoms. The second-order valence-corrected chi connectivity index (χ2v) is 5.63. The number of nitrogen functional groups attached to an aromatic ring is 1. The van der Waals surface area contributed by atoms with E-state index in [1.54, 1.807) is 0 Å². The highest BCUT2D eigenvalue weighted by Gasteiger charge is 2.36. The average Bonchev–Trinajstić information content (AvgIpc) is 2.85. The van der Waals surface area contributed by atoms with Crippen molar-refractivity contribution in [3.8, 4) is 0 Å². The summed E-state index contributed by atoms with van der Waals surface area (Å²) in [7, 11) is 0. The number of hydrogen-bond donors (Lipinski definition) is 2. The van der Waals surface area contributed by atoms with Crippen LogP contribution in [0.4, 0.5) is 19.0 Å². The van der Waals surface area contributed by atoms with E-state index in [0.717, 1.165) is 18.9 Å². The SMILES string of the molecule is CC(C)C1CCCN1c1nc(C(F)(F)F)ccc1C(=N)N. The number of rotatable bonds is 3. The third kappa shape index (κ3) is 3.11. The van der Waals surface area contributed by atoms with E-state index in [-0.39, 0.29) is 23.3 Å². The Bertz CT molecular complexity index is 540. The minimum Gasteiger partial charge on any atom is -0.384 e. The van der Waals surface area contributed by atoms with Gasteiger partial charge in [0.1, 0.15) is 17.3 Å². The van der Waals surface area contributed by atoms with E-state index >= 15 is 0 Å². The van der Waals surface area contributed by atoms with Crippen molar-refractivity contribution in [3.05, 3.63) is 23.4 Å². The maximum atomic E-state index is 12.9. The minimum absolute atomic E-state index is 0.124. The molecule has 7 heteroatoms. The fraction of sp³-hybridized carbons (Fsp3) is 0.571. The van der Waals surface area contributed by atoms with Gasteiger partial charge in [0.05, 0.1) is 5.56 Å². The van der Waals surface area contributed by atoms with Gasteiger partial charge in [-0.1, -0.05) is 13.8 Å². The van der Waals surface area contributed by atoms with Crippen LogP contribution in [-0.4, -0.2) is 23.4 Å². The number of nitrogens with two attached hydrogens (primary N) is 1. The van der Waals surface area contributed by atoms with Crippen LogP contribution >= 0.6 is 0 Å². The molecular weight excluding hydrogens is 281 g/mol. The van der Waals surface area contributed by atoms with Crippen LogP contribution in [0.2, 0.25) is 0 Å². The Labute approximate surface area is 121 Å². The van der Waals surface area contributed by atoms with E-state index in [1.165, 1.54) is 6.07 Å². The average molecular weight is 300 g/mol. The number of amidine groups is 1. The Hall–Kier alpha value is -1.79. The molecule has 0 amide bonds. The number of hydrogen-bond acceptors (Lipinski definition) is 3. The van der Waals surface area contributed by atoms with E-state index in [1.807, 2.05) is 18.7 Å². The number of pyridine rings is 1. The third-order valence-corrected chi connectivity index (χ3v) is 3.80. The van der Waals surface area contributed by atoms with Gasteiger partial charge in [0.15, 0.2) is 0 Å². The Morgan fingerprint density at radius 3 is 2.62 bits per heavy atom. The standard InChI is InChI=1S/C14H19F3N4/c1-8(2)10-4-3-7-21(10)13-9(12(18)19)5-6-11(20-13)14(15,16)17/h5-6,8,10H,3-4,7H2,1-2H3,(H3,18,19). The number of nitrogens with zero attached hydrogens (tertiary/aromatic N) is 2. The van der Waals surface area contributed by atoms with Gasteiger partial charge in [-0.05, 0) is 30.9 Å². The molecule has 0 spiro atoms. The van der Waals surface area contributed by atoms with Gasteiger partial charge < -0.3 is 10.6 Å². The van der Waals surface area contributed by atoms with E-state index in [2.05, 4.69) is 4.98 Å². The summed E-state index contributed by atoms with van der Waals surface area (Å²) < 4.78 is 38.6. The molecule has 4 nitrogen and oxygen atoms in total. The van der Waals surface area contributed by atoms with Gasteiger partial charge in [-0.15, -0.1) is 0 Å². The number of halogens is 3. The zero-order chi connectivity index (χ0) is 15.8. The summed E-state index contributed by atoms with van der Waals surface area (Å²) in [5, 5.41) is 7.57. The van der Waals surface area contributed by atoms with Gasteiger partial charge in [0, 0.05) is 12.6 Å². The van der Waals surface area contributed by atoms with Gasteiger partial charge >= 0.3 is 6.18 Å². The van der Waals surface area contributed by atoms with Crippen molar-refractivity contribution in [2.75, 3.05) is 11.4 Å². The third-order valence-electron chi connectivity index (χ3n) is 3.80. The molecule has 0 aromatic carbocycles. The zero-order valence-electron chi connectivity index (χ0n) is 12.0. The Morgan fingerprint density at radius 2 is 2.10 bits per heavy atom. The molecule has 116 valence electrons. The lowest BCUT2D eigenvalue weighted by Crippen LogP contribution is -2.36. The summed E-state index contributed by atoms with van der Waals surface area (Å²) in [6, 6.07) is 2.24. The van der Waals surface area contributed by atoms with Gasteiger partial charge in [0.25, 0.3) is 0 Å². The van der Waals surface area contributed by atoms with E-state index in [4.69, 9.17) is 11.1 Å². The summed E-state index contributed by atoms with van der Waals surface area (Å²) >= 11 is 0. The fourth-order valence-corrected chi connectivity index (χ4v) is 2.78. The van der Waals surface area contributed by atoms with Crippen LogP contribution in [-0.2, 0) is 6.18 Å². The summed E-state index contributed by atoms with van der Waals surface area (Å²) in [6.45, 7) is 4.70. The fourth-order valence-electron chi connectivity index (χ4n) is 2.78. The molecule has 1 aliphatic heterocycles. The summed E-state index contributed by atoms with van der Waals surface area (Å²) in [5.41, 5.74) is 4.81. The Kier molecular flexibility index (Phi) is 4.11. The molecule has 1 atom stereocenters. The van der Waals surface area contributed by atoms with E-state index in [0.29, 0.717) is 12.5 Å². The quantitative estimate of drug-likeness (QED) is 0.666. The van der Waals surface area contributed by atoms with Gasteiger partial charge in [-0.3, -0.25) is 5.41 Å². The van der Waals surface area contributed by atoms with Gasteiger partial charge in [0.2, 0.25) is 0 Å². The lowest BCUT2D eigenvalue weighted by atomic mass is 10.0. The Morgan fingerprint density at radius 1 is 1.43 bits per heavy atom. The molecule has 0 aliphatic carbocycles. The highest BCUT2D eigenvalue weighted by Crippen LogP contribution is 2.34. The molecule has 1 fully saturated rings. The first kappa shape index (κ1) is 15.6. The van der Waals surface area contributed by atoms with Crippen molar-refractivity contribution in [3.63, 3.8) is 0 Å². The maximum absolute atomic E-state index is 12.9. The lowest BCUT2D eigenvalue weighted by Gasteiger charge is -2.30. The summed E-state index contributed by atoms with van der Waals surface area (Å²) in [6.07, 6.45) is -2.69. The van der Waals surface area contributed by atoms with E-state index in [9.17, 15) is 13.2 Å². The molecule has 0 saturated carbocycles. The number of anilines is 1. The number of nitrogens with one attached hydrogen (secondary N) is 1. The monoisotopic (exact) mass is 300 g/mol.